The van der Waals surface area contributed by atoms with Crippen molar-refractivity contribution in [1.82, 2.24) is 0 Å². The van der Waals surface area contributed by atoms with Gasteiger partial charge in [-0.1, -0.05) is 38.5 Å². The molecule has 4 nitrogen and oxygen atoms in total. The standard InChI is InChI=1S/C20H40N2O2S2.2ClH/c1-17(21)19(23)11-15-25-13-9-7-5-3-4-6-8-10-14-26-16-12-20(24)18(2)22;;/h17-18H,3-16,21-22H2,1-2H3;2*1H/t17-,18-;;/m0../s1. The van der Waals surface area contributed by atoms with Gasteiger partial charge in [0.2, 0.25) is 0 Å². The average Bonchev–Trinajstić information content (AvgIpc) is 2.60. The van der Waals surface area contributed by atoms with Crippen LogP contribution in [0.2, 0.25) is 0 Å². The van der Waals surface area contributed by atoms with Gasteiger partial charge in [-0.2, -0.15) is 23.5 Å². The first-order valence-corrected chi connectivity index (χ1v) is 12.5. The molecule has 0 saturated heterocycles. The van der Waals surface area contributed by atoms with Crippen molar-refractivity contribution in [3.05, 3.63) is 0 Å². The largest absolute Gasteiger partial charge is 0.322 e. The van der Waals surface area contributed by atoms with E-state index in [4.69, 9.17) is 11.5 Å². The lowest BCUT2D eigenvalue weighted by Gasteiger charge is -2.05. The maximum atomic E-state index is 11.4. The molecule has 0 aliphatic carbocycles. The predicted octanol–water partition coefficient (Wildman–Crippen LogP) is 5.03. The van der Waals surface area contributed by atoms with Crippen LogP contribution in [0.1, 0.15) is 78.1 Å². The van der Waals surface area contributed by atoms with Crippen LogP contribution in [0.3, 0.4) is 0 Å². The van der Waals surface area contributed by atoms with E-state index in [-0.39, 0.29) is 48.5 Å². The summed E-state index contributed by atoms with van der Waals surface area (Å²) in [5, 5.41) is 0. The molecule has 0 aromatic carbocycles. The number of unbranched alkanes of at least 4 members (excludes halogenated alkanes) is 7. The van der Waals surface area contributed by atoms with Crippen molar-refractivity contribution in [2.45, 2.75) is 90.1 Å². The second kappa shape index (κ2) is 23.8. The number of hydrogen-bond donors (Lipinski definition) is 2. The summed E-state index contributed by atoms with van der Waals surface area (Å²) in [5.41, 5.74) is 11.1. The van der Waals surface area contributed by atoms with Crippen LogP contribution in [-0.2, 0) is 9.59 Å². The number of carbonyl (C=O) groups is 2. The van der Waals surface area contributed by atoms with Crippen LogP contribution in [0.5, 0.6) is 0 Å². The minimum Gasteiger partial charge on any atom is -0.322 e. The highest BCUT2D eigenvalue weighted by molar-refractivity contribution is 7.99. The van der Waals surface area contributed by atoms with Crippen molar-refractivity contribution in [2.75, 3.05) is 23.0 Å². The van der Waals surface area contributed by atoms with Gasteiger partial charge in [-0.3, -0.25) is 9.59 Å². The molecule has 0 aliphatic heterocycles. The highest BCUT2D eigenvalue weighted by Crippen LogP contribution is 2.14. The second-order valence-electron chi connectivity index (χ2n) is 7.06. The summed E-state index contributed by atoms with van der Waals surface area (Å²) in [6, 6.07) is -0.614. The van der Waals surface area contributed by atoms with E-state index in [1.54, 1.807) is 13.8 Å². The van der Waals surface area contributed by atoms with Crippen molar-refractivity contribution in [3.8, 4) is 0 Å². The third-order valence-corrected chi connectivity index (χ3v) is 6.47. The van der Waals surface area contributed by atoms with Gasteiger partial charge >= 0.3 is 0 Å². The van der Waals surface area contributed by atoms with Crippen LogP contribution in [-0.4, -0.2) is 46.7 Å². The zero-order valence-electron chi connectivity index (χ0n) is 17.7. The average molecular weight is 478 g/mol. The summed E-state index contributed by atoms with van der Waals surface area (Å²) in [7, 11) is 0. The third kappa shape index (κ3) is 22.8. The number of halogens is 2. The lowest BCUT2D eigenvalue weighted by molar-refractivity contribution is -0.120. The fourth-order valence-electron chi connectivity index (χ4n) is 2.47. The van der Waals surface area contributed by atoms with Crippen LogP contribution in [0, 0.1) is 0 Å². The summed E-state index contributed by atoms with van der Waals surface area (Å²) >= 11 is 3.75. The Labute approximate surface area is 193 Å². The van der Waals surface area contributed by atoms with Crippen LogP contribution in [0.15, 0.2) is 0 Å². The van der Waals surface area contributed by atoms with Gasteiger partial charge in [0, 0.05) is 24.3 Å². The molecular formula is C20H42Cl2N2O2S2. The van der Waals surface area contributed by atoms with E-state index in [1.807, 2.05) is 23.5 Å². The van der Waals surface area contributed by atoms with Crippen LogP contribution < -0.4 is 11.5 Å². The molecule has 4 N–H and O–H groups in total. The maximum Gasteiger partial charge on any atom is 0.150 e. The van der Waals surface area contributed by atoms with Crippen molar-refractivity contribution >= 4 is 59.9 Å². The molecule has 0 bridgehead atoms. The second-order valence-corrected chi connectivity index (χ2v) is 9.51. The Kier molecular flexibility index (Phi) is 28.2. The molecule has 0 aliphatic rings. The topological polar surface area (TPSA) is 86.2 Å². The number of Topliss-reactive ketones (excluding diaryl/α,β-unsaturated/α-hetero) is 2. The molecule has 0 spiro atoms. The molecule has 0 rings (SSSR count). The number of rotatable bonds is 19. The number of nitrogens with two attached hydrogens (primary N) is 2. The van der Waals surface area contributed by atoms with Gasteiger partial charge in [0.1, 0.15) is 11.6 Å². The van der Waals surface area contributed by atoms with Gasteiger partial charge in [0.05, 0.1) is 12.1 Å². The van der Waals surface area contributed by atoms with Crippen LogP contribution in [0.25, 0.3) is 0 Å². The smallest absolute Gasteiger partial charge is 0.150 e. The normalized spacial score (nSPS) is 12.6. The van der Waals surface area contributed by atoms with E-state index in [0.29, 0.717) is 12.8 Å². The minimum absolute atomic E-state index is 0. The van der Waals surface area contributed by atoms with Crippen LogP contribution in [0.4, 0.5) is 0 Å². The van der Waals surface area contributed by atoms with Crippen LogP contribution >= 0.6 is 48.3 Å². The summed E-state index contributed by atoms with van der Waals surface area (Å²) in [6.07, 6.45) is 11.7. The minimum atomic E-state index is -0.307. The predicted molar refractivity (Wildman–Crippen MR) is 133 cm³/mol. The van der Waals surface area contributed by atoms with Gasteiger partial charge < -0.3 is 11.5 Å². The SMILES string of the molecule is C[C@H](N)C(=O)CCSCCCCCCCCCCSCCC(=O)[C@H](C)N.Cl.Cl. The van der Waals surface area contributed by atoms with Crippen molar-refractivity contribution < 1.29 is 9.59 Å². The molecule has 170 valence electrons. The van der Waals surface area contributed by atoms with E-state index >= 15 is 0 Å². The van der Waals surface area contributed by atoms with Gasteiger partial charge in [-0.25, -0.2) is 0 Å². The molecule has 0 aromatic heterocycles. The Morgan fingerprint density at radius 1 is 0.607 bits per heavy atom. The van der Waals surface area contributed by atoms with Gasteiger partial charge in [0.15, 0.2) is 0 Å². The highest BCUT2D eigenvalue weighted by atomic mass is 35.5. The quantitative estimate of drug-likeness (QED) is 0.254. The highest BCUT2D eigenvalue weighted by Gasteiger charge is 2.07. The molecule has 0 radical (unpaired) electrons. The summed E-state index contributed by atoms with van der Waals surface area (Å²) in [6.45, 7) is 3.52. The molecule has 28 heavy (non-hydrogen) atoms. The summed E-state index contributed by atoms with van der Waals surface area (Å²) in [5.74, 6) is 4.50. The monoisotopic (exact) mass is 476 g/mol. The summed E-state index contributed by atoms with van der Waals surface area (Å²) in [4.78, 5) is 22.7. The Balaban J connectivity index is -0.00000312. The molecular weight excluding hydrogens is 435 g/mol. The van der Waals surface area contributed by atoms with E-state index < -0.39 is 0 Å². The zero-order chi connectivity index (χ0) is 19.6. The number of thioether (sulfide) groups is 2. The third-order valence-electron chi connectivity index (χ3n) is 4.33. The number of carbonyl (C=O) groups excluding carboxylic acids is 2. The molecule has 0 amide bonds. The number of ketones is 2. The fourth-order valence-corrected chi connectivity index (χ4v) is 4.39. The molecule has 0 aromatic rings. The first-order valence-electron chi connectivity index (χ1n) is 10.2. The van der Waals surface area contributed by atoms with E-state index in [9.17, 15) is 9.59 Å². The molecule has 0 unspecified atom stereocenters. The van der Waals surface area contributed by atoms with Crippen molar-refractivity contribution in [1.29, 1.82) is 0 Å². The van der Waals surface area contributed by atoms with Gasteiger partial charge in [-0.05, 0) is 38.2 Å². The lowest BCUT2D eigenvalue weighted by Crippen LogP contribution is -2.26. The lowest BCUT2D eigenvalue weighted by atomic mass is 10.1. The number of hydrogen-bond acceptors (Lipinski definition) is 6. The Hall–Kier alpha value is 0.540. The Morgan fingerprint density at radius 2 is 0.893 bits per heavy atom. The van der Waals surface area contributed by atoms with E-state index in [1.165, 1.54) is 51.4 Å². The van der Waals surface area contributed by atoms with E-state index in [0.717, 1.165) is 23.0 Å². The first kappa shape index (κ1) is 33.2. The molecule has 8 heteroatoms. The Bertz CT molecular complexity index is 340. The first-order chi connectivity index (χ1) is 12.4. The van der Waals surface area contributed by atoms with Crippen molar-refractivity contribution in [2.24, 2.45) is 11.5 Å². The molecule has 0 fully saturated rings. The van der Waals surface area contributed by atoms with Gasteiger partial charge in [0.25, 0.3) is 0 Å². The molecule has 2 atom stereocenters. The van der Waals surface area contributed by atoms with E-state index in [2.05, 4.69) is 0 Å². The summed E-state index contributed by atoms with van der Waals surface area (Å²) < 4.78 is 0. The molecule has 0 saturated carbocycles. The molecule has 0 heterocycles. The van der Waals surface area contributed by atoms with Gasteiger partial charge in [-0.15, -0.1) is 24.8 Å². The fraction of sp³-hybridized carbons (Fsp3) is 0.900. The maximum absolute atomic E-state index is 11.4. The zero-order valence-corrected chi connectivity index (χ0v) is 20.9. The van der Waals surface area contributed by atoms with Crippen molar-refractivity contribution in [3.63, 3.8) is 0 Å². The Morgan fingerprint density at radius 3 is 1.18 bits per heavy atom.